The third-order valence-corrected chi connectivity index (χ3v) is 2.50. The number of hydrogen-bond donors (Lipinski definition) is 0. The van der Waals surface area contributed by atoms with Crippen molar-refractivity contribution in [2.75, 3.05) is 0 Å². The second kappa shape index (κ2) is 3.26. The van der Waals surface area contributed by atoms with Crippen LogP contribution >= 0.6 is 31.9 Å². The minimum Gasteiger partial charge on any atom is -0.471 e. The van der Waals surface area contributed by atoms with Gasteiger partial charge in [-0.15, -0.1) is 0 Å². The number of halogens is 2. The van der Waals surface area contributed by atoms with Crippen molar-refractivity contribution in [3.8, 4) is 0 Å². The van der Waals surface area contributed by atoms with E-state index in [1.54, 1.807) is 0 Å². The van der Waals surface area contributed by atoms with E-state index in [1.165, 1.54) is 0 Å². The molecule has 0 saturated heterocycles. The molecule has 0 N–H and O–H groups in total. The maximum atomic E-state index is 5.38. The monoisotopic (exact) mass is 292 g/mol. The van der Waals surface area contributed by atoms with Crippen molar-refractivity contribution in [3.63, 3.8) is 0 Å². The van der Waals surface area contributed by atoms with Crippen LogP contribution in [0.15, 0.2) is 35.8 Å². The van der Waals surface area contributed by atoms with Gasteiger partial charge in [0.25, 0.3) is 0 Å². The largest absolute Gasteiger partial charge is 0.471 e. The molecular weight excluding hydrogens is 288 g/mol. The Bertz CT molecular complexity index is 253. The Labute approximate surface area is 87.2 Å². The number of alkyl halides is 2. The molecule has 0 amide bonds. The van der Waals surface area contributed by atoms with Gasteiger partial charge in [0.2, 0.25) is 0 Å². The van der Waals surface area contributed by atoms with Crippen LogP contribution in [-0.4, -0.2) is 10.0 Å². The van der Waals surface area contributed by atoms with Crippen LogP contribution in [0.2, 0.25) is 0 Å². The van der Waals surface area contributed by atoms with Crippen LogP contribution in [0, 0.1) is 0 Å². The molecule has 0 fully saturated rings. The molecule has 0 aromatic rings. The Morgan fingerprint density at radius 1 is 0.917 bits per heavy atom. The number of ether oxygens (including phenoxy) is 2. The molecule has 0 bridgehead atoms. The molecule has 2 aliphatic heterocycles. The summed E-state index contributed by atoms with van der Waals surface area (Å²) < 4.78 is 10.8. The van der Waals surface area contributed by atoms with E-state index in [0.717, 1.165) is 11.5 Å². The number of rotatable bonds is 0. The Morgan fingerprint density at radius 3 is 1.58 bits per heavy atom. The van der Waals surface area contributed by atoms with E-state index < -0.39 is 0 Å². The fraction of sp³-hybridized carbons (Fsp3) is 0.250. The van der Waals surface area contributed by atoms with Gasteiger partial charge in [0.05, 0.1) is 0 Å². The average molecular weight is 294 g/mol. The lowest BCUT2D eigenvalue weighted by Gasteiger charge is -2.06. The zero-order valence-corrected chi connectivity index (χ0v) is 9.21. The molecule has 12 heavy (non-hydrogen) atoms. The van der Waals surface area contributed by atoms with E-state index >= 15 is 0 Å². The molecule has 2 aliphatic rings. The highest BCUT2D eigenvalue weighted by Gasteiger charge is 2.19. The van der Waals surface area contributed by atoms with Crippen LogP contribution in [0.25, 0.3) is 0 Å². The van der Waals surface area contributed by atoms with Crippen molar-refractivity contribution in [1.29, 1.82) is 0 Å². The van der Waals surface area contributed by atoms with Crippen molar-refractivity contribution >= 4 is 31.9 Å². The number of hydrogen-bond acceptors (Lipinski definition) is 2. The molecule has 64 valence electrons. The van der Waals surface area contributed by atoms with Gasteiger partial charge in [-0.05, 0) is 56.2 Å². The van der Waals surface area contributed by atoms with E-state index in [4.69, 9.17) is 9.47 Å². The molecule has 0 spiro atoms. The van der Waals surface area contributed by atoms with E-state index in [9.17, 15) is 0 Å². The first-order chi connectivity index (χ1) is 5.75. The summed E-state index contributed by atoms with van der Waals surface area (Å²) in [4.78, 5) is 0. The highest BCUT2D eigenvalue weighted by atomic mass is 79.9. The van der Waals surface area contributed by atoms with Gasteiger partial charge in [0, 0.05) is 0 Å². The minimum absolute atomic E-state index is 0.0219. The molecule has 2 rings (SSSR count). The summed E-state index contributed by atoms with van der Waals surface area (Å²) in [6.45, 7) is 0. The topological polar surface area (TPSA) is 18.5 Å². The molecule has 4 heteroatoms. The molecule has 2 atom stereocenters. The van der Waals surface area contributed by atoms with E-state index in [1.807, 2.05) is 24.3 Å². The van der Waals surface area contributed by atoms with Crippen LogP contribution in [0.3, 0.4) is 0 Å². The van der Waals surface area contributed by atoms with Crippen LogP contribution in [0.4, 0.5) is 0 Å². The molecule has 0 aliphatic carbocycles. The molecular formula is C8H6Br2O2. The first-order valence-corrected chi connectivity index (χ1v) is 5.31. The van der Waals surface area contributed by atoms with Crippen LogP contribution in [0.1, 0.15) is 0 Å². The molecule has 0 aromatic heterocycles. The van der Waals surface area contributed by atoms with E-state index in [0.29, 0.717) is 0 Å². The first kappa shape index (κ1) is 8.38. The van der Waals surface area contributed by atoms with Crippen LogP contribution in [0.5, 0.6) is 0 Å². The van der Waals surface area contributed by atoms with E-state index in [-0.39, 0.29) is 10.0 Å². The van der Waals surface area contributed by atoms with Crippen molar-refractivity contribution in [1.82, 2.24) is 0 Å². The fourth-order valence-corrected chi connectivity index (χ4v) is 1.71. The second-order valence-corrected chi connectivity index (χ2v) is 4.19. The molecule has 0 aromatic carbocycles. The van der Waals surface area contributed by atoms with Gasteiger partial charge in [-0.3, -0.25) is 0 Å². The van der Waals surface area contributed by atoms with Crippen molar-refractivity contribution in [2.45, 2.75) is 10.0 Å². The first-order valence-electron chi connectivity index (χ1n) is 3.48. The van der Waals surface area contributed by atoms with E-state index in [2.05, 4.69) is 31.9 Å². The zero-order valence-electron chi connectivity index (χ0n) is 6.04. The predicted octanol–water partition coefficient (Wildman–Crippen LogP) is 2.81. The molecule has 0 unspecified atom stereocenters. The Kier molecular flexibility index (Phi) is 2.28. The minimum atomic E-state index is -0.0219. The van der Waals surface area contributed by atoms with Gasteiger partial charge in [-0.1, -0.05) is 0 Å². The third-order valence-electron chi connectivity index (χ3n) is 1.52. The van der Waals surface area contributed by atoms with Gasteiger partial charge in [-0.25, -0.2) is 0 Å². The Hall–Kier alpha value is -0.220. The normalized spacial score (nSPS) is 38.5. The summed E-state index contributed by atoms with van der Waals surface area (Å²) in [6.07, 6.45) is 7.62. The summed E-state index contributed by atoms with van der Waals surface area (Å²) in [5, 5.41) is -0.0437. The lowest BCUT2D eigenvalue weighted by atomic mass is 10.4. The summed E-state index contributed by atoms with van der Waals surface area (Å²) in [5.41, 5.74) is 0. The molecule has 0 radical (unpaired) electrons. The summed E-state index contributed by atoms with van der Waals surface area (Å²) in [6, 6.07) is 0. The molecule has 0 saturated carbocycles. The lowest BCUT2D eigenvalue weighted by Crippen LogP contribution is -1.96. The van der Waals surface area contributed by atoms with Crippen molar-refractivity contribution in [3.05, 3.63) is 35.8 Å². The maximum Gasteiger partial charge on any atom is 0.172 e. The highest BCUT2D eigenvalue weighted by molar-refractivity contribution is 9.09. The van der Waals surface area contributed by atoms with Crippen LogP contribution < -0.4 is 0 Å². The van der Waals surface area contributed by atoms with Gasteiger partial charge in [-0.2, -0.15) is 0 Å². The van der Waals surface area contributed by atoms with Crippen molar-refractivity contribution < 1.29 is 9.47 Å². The Balaban J connectivity index is 2.18. The van der Waals surface area contributed by atoms with Gasteiger partial charge in [0.1, 0.15) is 0 Å². The zero-order chi connectivity index (χ0) is 8.55. The molecule has 2 heterocycles. The third kappa shape index (κ3) is 1.59. The predicted molar refractivity (Wildman–Crippen MR) is 52.9 cm³/mol. The lowest BCUT2D eigenvalue weighted by molar-refractivity contribution is 0.200. The molecule has 2 nitrogen and oxygen atoms in total. The second-order valence-electron chi connectivity index (χ2n) is 2.38. The quantitative estimate of drug-likeness (QED) is 0.640. The fourth-order valence-electron chi connectivity index (χ4n) is 1.01. The van der Waals surface area contributed by atoms with Crippen LogP contribution in [-0.2, 0) is 9.47 Å². The summed E-state index contributed by atoms with van der Waals surface area (Å²) in [7, 11) is 0. The maximum absolute atomic E-state index is 5.38. The summed E-state index contributed by atoms with van der Waals surface area (Å²) >= 11 is 6.61. The van der Waals surface area contributed by atoms with Gasteiger partial charge >= 0.3 is 0 Å². The average Bonchev–Trinajstić information content (AvgIpc) is 2.58. The SMILES string of the molecule is Br[C@H]1C=C/C(=C2\C=C[C@H](Br)O2)O1. The standard InChI is InChI=1S/C8H6Br2O2/c9-7-3-1-5(11-7)6-2-4-8(10)12-6/h1-4,7-8H/b6-5-/t7-,8-/m1/s1. The summed E-state index contributed by atoms with van der Waals surface area (Å²) in [5.74, 6) is 1.55. The van der Waals surface area contributed by atoms with Crippen molar-refractivity contribution in [2.24, 2.45) is 0 Å². The number of allylic oxidation sites excluding steroid dienone is 2. The Morgan fingerprint density at radius 2 is 1.33 bits per heavy atom. The van der Waals surface area contributed by atoms with Gasteiger partial charge < -0.3 is 9.47 Å². The van der Waals surface area contributed by atoms with Gasteiger partial charge in [0.15, 0.2) is 21.5 Å². The smallest absolute Gasteiger partial charge is 0.172 e. The highest BCUT2D eigenvalue weighted by Crippen LogP contribution is 2.28.